The summed E-state index contributed by atoms with van der Waals surface area (Å²) in [6, 6.07) is 8.41. The van der Waals surface area contributed by atoms with Crippen molar-refractivity contribution in [3.63, 3.8) is 0 Å². The molecule has 7 heteroatoms. The maximum Gasteiger partial charge on any atom is 0.238 e. The zero-order chi connectivity index (χ0) is 15.8. The van der Waals surface area contributed by atoms with Gasteiger partial charge in [-0.2, -0.15) is 0 Å². The topological polar surface area (TPSA) is 98.2 Å². The van der Waals surface area contributed by atoms with Gasteiger partial charge in [-0.05, 0) is 55.3 Å². The van der Waals surface area contributed by atoms with E-state index < -0.39 is 10.0 Å². The van der Waals surface area contributed by atoms with Crippen LogP contribution in [-0.4, -0.2) is 8.42 Å². The van der Waals surface area contributed by atoms with Gasteiger partial charge in [0.05, 0.1) is 4.90 Å². The Bertz CT molecular complexity index is 781. The third-order valence-corrected chi connectivity index (χ3v) is 4.37. The van der Waals surface area contributed by atoms with Crippen molar-refractivity contribution >= 4 is 43.0 Å². The average molecular weight is 370 g/mol. The SMILES string of the molecule is Cc1cc(Br)cc(C)c1Nc1cc(N)cc(S(N)(=O)=O)c1. The Morgan fingerprint density at radius 2 is 1.62 bits per heavy atom. The van der Waals surface area contributed by atoms with Crippen molar-refractivity contribution in [2.45, 2.75) is 18.7 Å². The first-order valence-corrected chi connectivity index (χ1v) is 8.48. The van der Waals surface area contributed by atoms with Gasteiger partial charge in [0.15, 0.2) is 0 Å². The van der Waals surface area contributed by atoms with Crippen molar-refractivity contribution in [3.8, 4) is 0 Å². The molecule has 0 spiro atoms. The number of rotatable bonds is 3. The summed E-state index contributed by atoms with van der Waals surface area (Å²) in [7, 11) is -3.79. The number of anilines is 3. The molecule has 0 fully saturated rings. The molecule has 0 amide bonds. The van der Waals surface area contributed by atoms with Gasteiger partial charge in [-0.1, -0.05) is 15.9 Å². The fraction of sp³-hybridized carbons (Fsp3) is 0.143. The first-order valence-electron chi connectivity index (χ1n) is 6.14. The summed E-state index contributed by atoms with van der Waals surface area (Å²) in [6.07, 6.45) is 0. The Labute approximate surface area is 132 Å². The predicted octanol–water partition coefficient (Wildman–Crippen LogP) is 3.04. The van der Waals surface area contributed by atoms with Crippen LogP contribution < -0.4 is 16.2 Å². The Morgan fingerprint density at radius 1 is 1.05 bits per heavy atom. The third kappa shape index (κ3) is 3.75. The highest BCUT2D eigenvalue weighted by atomic mass is 79.9. The normalized spacial score (nSPS) is 11.4. The highest BCUT2D eigenvalue weighted by Gasteiger charge is 2.11. The van der Waals surface area contributed by atoms with E-state index in [4.69, 9.17) is 10.9 Å². The monoisotopic (exact) mass is 369 g/mol. The summed E-state index contributed by atoms with van der Waals surface area (Å²) in [5.41, 5.74) is 9.61. The lowest BCUT2D eigenvalue weighted by molar-refractivity contribution is 0.598. The molecule has 0 radical (unpaired) electrons. The summed E-state index contributed by atoms with van der Waals surface area (Å²) in [5.74, 6) is 0. The van der Waals surface area contributed by atoms with Crippen LogP contribution in [0.25, 0.3) is 0 Å². The van der Waals surface area contributed by atoms with Gasteiger partial charge in [0.25, 0.3) is 0 Å². The van der Waals surface area contributed by atoms with Gasteiger partial charge in [0, 0.05) is 21.5 Å². The molecule has 2 aromatic rings. The molecule has 0 aromatic heterocycles. The maximum atomic E-state index is 11.5. The van der Waals surface area contributed by atoms with Gasteiger partial charge >= 0.3 is 0 Å². The van der Waals surface area contributed by atoms with Crippen LogP contribution in [0.15, 0.2) is 39.7 Å². The summed E-state index contributed by atoms with van der Waals surface area (Å²) < 4.78 is 23.9. The van der Waals surface area contributed by atoms with Crippen LogP contribution in [0.3, 0.4) is 0 Å². The number of nitrogens with two attached hydrogens (primary N) is 2. The van der Waals surface area contributed by atoms with Gasteiger partial charge in [0.1, 0.15) is 0 Å². The molecule has 2 aromatic carbocycles. The van der Waals surface area contributed by atoms with Gasteiger partial charge in [-0.25, -0.2) is 13.6 Å². The molecule has 0 atom stereocenters. The number of nitrogen functional groups attached to an aromatic ring is 1. The van der Waals surface area contributed by atoms with Crippen molar-refractivity contribution in [2.75, 3.05) is 11.1 Å². The van der Waals surface area contributed by atoms with E-state index in [1.54, 1.807) is 6.07 Å². The first-order chi connectivity index (χ1) is 9.66. The second-order valence-corrected chi connectivity index (χ2v) is 7.35. The second-order valence-electron chi connectivity index (χ2n) is 4.88. The smallest absolute Gasteiger partial charge is 0.238 e. The third-order valence-electron chi connectivity index (χ3n) is 3.02. The number of primary sulfonamides is 1. The molecule has 0 aliphatic carbocycles. The van der Waals surface area contributed by atoms with Crippen LogP contribution in [0.4, 0.5) is 17.1 Å². The Kier molecular flexibility index (Phi) is 4.27. The Balaban J connectivity index is 2.48. The molecule has 0 aliphatic heterocycles. The van der Waals surface area contributed by atoms with E-state index in [2.05, 4.69) is 21.2 Å². The van der Waals surface area contributed by atoms with E-state index in [-0.39, 0.29) is 4.90 Å². The average Bonchev–Trinajstić information content (AvgIpc) is 2.32. The van der Waals surface area contributed by atoms with Gasteiger partial charge in [0.2, 0.25) is 10.0 Å². The van der Waals surface area contributed by atoms with Crippen molar-refractivity contribution in [2.24, 2.45) is 5.14 Å². The summed E-state index contributed by atoms with van der Waals surface area (Å²) in [4.78, 5) is -0.0163. The van der Waals surface area contributed by atoms with E-state index >= 15 is 0 Å². The molecule has 5 nitrogen and oxygen atoms in total. The lowest BCUT2D eigenvalue weighted by atomic mass is 10.1. The summed E-state index contributed by atoms with van der Waals surface area (Å²) in [5, 5.41) is 8.35. The van der Waals surface area contributed by atoms with E-state index in [9.17, 15) is 8.42 Å². The van der Waals surface area contributed by atoms with Crippen LogP contribution in [0.2, 0.25) is 0 Å². The van der Waals surface area contributed by atoms with Crippen molar-refractivity contribution in [1.82, 2.24) is 0 Å². The number of halogens is 1. The molecular weight excluding hydrogens is 354 g/mol. The molecule has 0 aliphatic rings. The molecule has 0 unspecified atom stereocenters. The Hall–Kier alpha value is -1.57. The van der Waals surface area contributed by atoms with Crippen LogP contribution in [0.1, 0.15) is 11.1 Å². The van der Waals surface area contributed by atoms with Crippen molar-refractivity contribution in [3.05, 3.63) is 45.9 Å². The minimum absolute atomic E-state index is 0.0163. The number of hydrogen-bond donors (Lipinski definition) is 3. The van der Waals surface area contributed by atoms with Crippen LogP contribution in [-0.2, 0) is 10.0 Å². The molecule has 112 valence electrons. The number of nitrogens with one attached hydrogen (secondary N) is 1. The fourth-order valence-electron chi connectivity index (χ4n) is 2.11. The van der Waals surface area contributed by atoms with Crippen LogP contribution in [0, 0.1) is 13.8 Å². The zero-order valence-corrected chi connectivity index (χ0v) is 14.0. The second kappa shape index (κ2) is 5.67. The van der Waals surface area contributed by atoms with E-state index in [1.165, 1.54) is 12.1 Å². The maximum absolute atomic E-state index is 11.5. The molecule has 0 heterocycles. The molecule has 0 saturated heterocycles. The number of aryl methyl sites for hydroxylation is 2. The van der Waals surface area contributed by atoms with Gasteiger partial charge < -0.3 is 11.1 Å². The largest absolute Gasteiger partial charge is 0.399 e. The molecule has 21 heavy (non-hydrogen) atoms. The molecule has 0 bridgehead atoms. The van der Waals surface area contributed by atoms with Crippen LogP contribution in [0.5, 0.6) is 0 Å². The zero-order valence-electron chi connectivity index (χ0n) is 11.6. The number of sulfonamides is 1. The standard InChI is InChI=1S/C14H16BrN3O2S/c1-8-3-10(15)4-9(2)14(8)18-12-5-11(16)6-13(7-12)21(17,19)20/h3-7,18H,16H2,1-2H3,(H2,17,19,20). The molecular formula is C14H16BrN3O2S. The van der Waals surface area contributed by atoms with E-state index in [0.29, 0.717) is 11.4 Å². The minimum atomic E-state index is -3.79. The number of benzene rings is 2. The van der Waals surface area contributed by atoms with Gasteiger partial charge in [-0.3, -0.25) is 0 Å². The highest BCUT2D eigenvalue weighted by Crippen LogP contribution is 2.29. The Morgan fingerprint density at radius 3 is 2.14 bits per heavy atom. The minimum Gasteiger partial charge on any atom is -0.399 e. The lowest BCUT2D eigenvalue weighted by Crippen LogP contribution is -2.13. The number of hydrogen-bond acceptors (Lipinski definition) is 4. The molecule has 0 saturated carbocycles. The fourth-order valence-corrected chi connectivity index (χ4v) is 3.39. The predicted molar refractivity (Wildman–Crippen MR) is 89.1 cm³/mol. The van der Waals surface area contributed by atoms with Crippen LogP contribution >= 0.6 is 15.9 Å². The quantitative estimate of drug-likeness (QED) is 0.724. The lowest BCUT2D eigenvalue weighted by Gasteiger charge is -2.14. The van der Waals surface area contributed by atoms with E-state index in [1.807, 2.05) is 26.0 Å². The van der Waals surface area contributed by atoms with Crippen molar-refractivity contribution in [1.29, 1.82) is 0 Å². The molecule has 2 rings (SSSR count). The van der Waals surface area contributed by atoms with Gasteiger partial charge in [-0.15, -0.1) is 0 Å². The summed E-state index contributed by atoms with van der Waals surface area (Å²) in [6.45, 7) is 3.93. The molecule has 5 N–H and O–H groups in total. The van der Waals surface area contributed by atoms with E-state index in [0.717, 1.165) is 21.3 Å². The first kappa shape index (κ1) is 15.8. The summed E-state index contributed by atoms with van der Waals surface area (Å²) >= 11 is 3.44. The van der Waals surface area contributed by atoms with Crippen molar-refractivity contribution < 1.29 is 8.42 Å². The highest BCUT2D eigenvalue weighted by molar-refractivity contribution is 9.10.